The summed E-state index contributed by atoms with van der Waals surface area (Å²) in [4.78, 5) is 1.46. The Labute approximate surface area is 111 Å². The molecule has 0 aliphatic carbocycles. The van der Waals surface area contributed by atoms with Gasteiger partial charge in [0.2, 0.25) is 0 Å². The fourth-order valence-electron chi connectivity index (χ4n) is 3.31. The summed E-state index contributed by atoms with van der Waals surface area (Å²) in [5.41, 5.74) is 2.92. The molecule has 0 amide bonds. The van der Waals surface area contributed by atoms with Crippen molar-refractivity contribution in [1.82, 2.24) is 0 Å². The molecule has 0 atom stereocenters. The fraction of sp³-hybridized carbons (Fsp3) is 0.133. The van der Waals surface area contributed by atoms with Gasteiger partial charge in [-0.25, -0.2) is 0 Å². The molecule has 0 radical (unpaired) electrons. The molecule has 4 rings (SSSR count). The number of rotatable bonds is 0. The quantitative estimate of drug-likeness (QED) is 0.540. The van der Waals surface area contributed by atoms with Crippen molar-refractivity contribution < 1.29 is 4.48 Å². The van der Waals surface area contributed by atoms with E-state index in [9.17, 15) is 0 Å². The third kappa shape index (κ3) is 1.10. The second kappa shape index (κ2) is 3.24. The summed E-state index contributed by atoms with van der Waals surface area (Å²) < 4.78 is 3.86. The maximum atomic E-state index is 2.45. The SMILES string of the molecule is C[B-]1(C)c2c(sc3ccccc23)-c2cccc[n+]21. The molecule has 2 aromatic heterocycles. The van der Waals surface area contributed by atoms with Gasteiger partial charge in [0.05, 0.1) is 4.88 Å². The van der Waals surface area contributed by atoms with Gasteiger partial charge < -0.3 is 4.48 Å². The van der Waals surface area contributed by atoms with E-state index >= 15 is 0 Å². The number of thiophene rings is 1. The van der Waals surface area contributed by atoms with E-state index in [0.717, 1.165) is 0 Å². The zero-order valence-electron chi connectivity index (χ0n) is 10.6. The Kier molecular flexibility index (Phi) is 1.86. The van der Waals surface area contributed by atoms with E-state index in [4.69, 9.17) is 0 Å². The third-order valence-electron chi connectivity index (χ3n) is 4.16. The fourth-order valence-corrected chi connectivity index (χ4v) is 4.75. The summed E-state index contributed by atoms with van der Waals surface area (Å²) in [6.07, 6.45) is 1.54. The van der Waals surface area contributed by atoms with Gasteiger partial charge in [-0.1, -0.05) is 24.3 Å². The minimum absolute atomic E-state index is 0.679. The van der Waals surface area contributed by atoms with Crippen LogP contribution in [0.25, 0.3) is 20.7 Å². The monoisotopic (exact) mass is 251 g/mol. The predicted molar refractivity (Wildman–Crippen MR) is 80.0 cm³/mol. The molecule has 1 aromatic carbocycles. The molecule has 1 aliphatic rings. The number of benzene rings is 1. The molecule has 0 bridgehead atoms. The number of pyridine rings is 1. The van der Waals surface area contributed by atoms with Gasteiger partial charge in [-0.3, -0.25) is 0 Å². The normalized spacial score (nSPS) is 15.7. The lowest BCUT2D eigenvalue weighted by Gasteiger charge is -2.20. The zero-order chi connectivity index (χ0) is 12.3. The van der Waals surface area contributed by atoms with E-state index in [2.05, 4.69) is 66.8 Å². The lowest BCUT2D eigenvalue weighted by atomic mass is 9.35. The number of aromatic nitrogens is 1. The molecule has 0 N–H and O–H groups in total. The Balaban J connectivity index is 2.20. The van der Waals surface area contributed by atoms with E-state index in [-0.39, 0.29) is 0 Å². The molecule has 1 nitrogen and oxygen atoms in total. The van der Waals surface area contributed by atoms with Crippen LogP contribution in [0.3, 0.4) is 0 Å². The van der Waals surface area contributed by atoms with Crippen molar-refractivity contribution in [1.29, 1.82) is 0 Å². The molecule has 0 saturated heterocycles. The van der Waals surface area contributed by atoms with Gasteiger partial charge >= 0.3 is 6.28 Å². The van der Waals surface area contributed by atoms with Crippen LogP contribution >= 0.6 is 11.3 Å². The molecule has 3 aromatic rings. The minimum Gasteiger partial charge on any atom is -0.416 e. The Morgan fingerprint density at radius 2 is 1.78 bits per heavy atom. The number of hydrogen-bond acceptors (Lipinski definition) is 1. The highest BCUT2D eigenvalue weighted by Gasteiger charge is 2.41. The van der Waals surface area contributed by atoms with Crippen LogP contribution in [0.15, 0.2) is 48.7 Å². The topological polar surface area (TPSA) is 3.88 Å². The van der Waals surface area contributed by atoms with E-state index in [1.54, 1.807) is 5.46 Å². The predicted octanol–water partition coefficient (Wildman–Crippen LogP) is 3.13. The largest absolute Gasteiger partial charge is 0.416 e. The van der Waals surface area contributed by atoms with Crippen LogP contribution in [0.4, 0.5) is 0 Å². The van der Waals surface area contributed by atoms with Crippen molar-refractivity contribution >= 4 is 33.2 Å². The first kappa shape index (κ1) is 10.3. The van der Waals surface area contributed by atoms with Crippen LogP contribution in [0.2, 0.25) is 13.6 Å². The first-order valence-corrected chi connectivity index (χ1v) is 7.27. The van der Waals surface area contributed by atoms with E-state index in [1.807, 2.05) is 11.3 Å². The Morgan fingerprint density at radius 3 is 2.67 bits per heavy atom. The standard InChI is InChI=1S/C15H14BNS/c1-16(2)14-11-7-3-4-9-13(11)18-15(14)12-8-5-6-10-17(12)16/h3-10H,1-2H3. The number of fused-ring (bicyclic) bond motifs is 5. The first-order chi connectivity index (χ1) is 8.69. The number of hydrogen-bond donors (Lipinski definition) is 0. The molecule has 88 valence electrons. The van der Waals surface area contributed by atoms with E-state index < -0.39 is 6.28 Å². The molecule has 0 saturated carbocycles. The molecule has 0 unspecified atom stereocenters. The van der Waals surface area contributed by atoms with Crippen LogP contribution in [0.5, 0.6) is 0 Å². The Hall–Kier alpha value is -1.61. The van der Waals surface area contributed by atoms with E-state index in [1.165, 1.54) is 20.7 Å². The van der Waals surface area contributed by atoms with Crippen LogP contribution in [0.1, 0.15) is 0 Å². The number of nitrogens with zero attached hydrogens (tertiary/aromatic N) is 1. The van der Waals surface area contributed by atoms with Crippen molar-refractivity contribution in [2.45, 2.75) is 13.6 Å². The lowest BCUT2D eigenvalue weighted by molar-refractivity contribution is -0.528. The van der Waals surface area contributed by atoms with Crippen LogP contribution in [0, 0.1) is 0 Å². The van der Waals surface area contributed by atoms with Gasteiger partial charge in [-0.15, -0.1) is 30.4 Å². The van der Waals surface area contributed by atoms with Crippen LogP contribution < -0.4 is 9.94 Å². The Morgan fingerprint density at radius 1 is 1.00 bits per heavy atom. The third-order valence-corrected chi connectivity index (χ3v) is 5.37. The van der Waals surface area contributed by atoms with Crippen molar-refractivity contribution in [3.63, 3.8) is 0 Å². The molecule has 3 heteroatoms. The molecular weight excluding hydrogens is 237 g/mol. The molecular formula is C15H14BNS. The van der Waals surface area contributed by atoms with Crippen LogP contribution in [-0.4, -0.2) is 6.28 Å². The summed E-state index contributed by atoms with van der Waals surface area (Å²) in [5.74, 6) is 0. The molecule has 1 aliphatic heterocycles. The van der Waals surface area contributed by atoms with Crippen molar-refractivity contribution in [3.8, 4) is 10.6 Å². The molecule has 18 heavy (non-hydrogen) atoms. The second-order valence-electron chi connectivity index (χ2n) is 5.63. The van der Waals surface area contributed by atoms with Crippen LogP contribution in [-0.2, 0) is 0 Å². The lowest BCUT2D eigenvalue weighted by Crippen LogP contribution is -2.64. The highest BCUT2D eigenvalue weighted by molar-refractivity contribution is 7.25. The first-order valence-electron chi connectivity index (χ1n) is 6.46. The summed E-state index contributed by atoms with van der Waals surface area (Å²) in [7, 11) is 0. The average Bonchev–Trinajstić information content (AvgIpc) is 2.86. The van der Waals surface area contributed by atoms with Crippen molar-refractivity contribution in [2.24, 2.45) is 0 Å². The Bertz CT molecular complexity index is 773. The highest BCUT2D eigenvalue weighted by atomic mass is 32.1. The summed E-state index contributed by atoms with van der Waals surface area (Å²) in [6, 6.07) is 15.3. The maximum absolute atomic E-state index is 2.45. The zero-order valence-corrected chi connectivity index (χ0v) is 11.4. The molecule has 3 heterocycles. The van der Waals surface area contributed by atoms with Crippen molar-refractivity contribution in [2.75, 3.05) is 0 Å². The minimum atomic E-state index is -0.679. The van der Waals surface area contributed by atoms with Gasteiger partial charge in [-0.05, 0) is 17.5 Å². The smallest absolute Gasteiger partial charge is 0.302 e. The molecule has 0 fully saturated rings. The van der Waals surface area contributed by atoms with Gasteiger partial charge in [0, 0.05) is 10.8 Å². The van der Waals surface area contributed by atoms with Crippen molar-refractivity contribution in [3.05, 3.63) is 48.7 Å². The van der Waals surface area contributed by atoms with Gasteiger partial charge in [0.15, 0.2) is 5.69 Å². The van der Waals surface area contributed by atoms with Gasteiger partial charge in [0.25, 0.3) is 0 Å². The van der Waals surface area contributed by atoms with Gasteiger partial charge in [0.1, 0.15) is 6.20 Å². The maximum Gasteiger partial charge on any atom is 0.302 e. The van der Waals surface area contributed by atoms with Gasteiger partial charge in [-0.2, -0.15) is 0 Å². The summed E-state index contributed by atoms with van der Waals surface area (Å²) >= 11 is 1.93. The molecule has 0 spiro atoms. The summed E-state index contributed by atoms with van der Waals surface area (Å²) in [5, 5.41) is 1.44. The second-order valence-corrected chi connectivity index (χ2v) is 6.69. The van der Waals surface area contributed by atoms with E-state index in [0.29, 0.717) is 0 Å². The average molecular weight is 251 g/mol. The highest BCUT2D eigenvalue weighted by Crippen LogP contribution is 2.35. The summed E-state index contributed by atoms with van der Waals surface area (Å²) in [6.45, 7) is 4.74.